The van der Waals surface area contributed by atoms with Gasteiger partial charge in [-0.15, -0.1) is 0 Å². The topological polar surface area (TPSA) is 51.8 Å². The van der Waals surface area contributed by atoms with Gasteiger partial charge in [0, 0.05) is 17.6 Å². The SMILES string of the molecule is Cc1cccc(C2=N/C(=C\c3ccc([C@@H]4C[C@H]4C)o3)C(=O)O2)c1. The van der Waals surface area contributed by atoms with Gasteiger partial charge in [0.1, 0.15) is 11.5 Å². The predicted octanol–water partition coefficient (Wildman–Crippen LogP) is 4.06. The van der Waals surface area contributed by atoms with Gasteiger partial charge in [0.2, 0.25) is 5.90 Å². The molecule has 0 unspecified atom stereocenters. The van der Waals surface area contributed by atoms with Crippen molar-refractivity contribution in [2.45, 2.75) is 26.2 Å². The van der Waals surface area contributed by atoms with E-state index in [0.29, 0.717) is 23.5 Å². The minimum atomic E-state index is -0.445. The molecule has 2 atom stereocenters. The van der Waals surface area contributed by atoms with Crippen LogP contribution in [0.2, 0.25) is 0 Å². The Kier molecular flexibility index (Phi) is 3.18. The first-order valence-electron chi connectivity index (χ1n) is 7.79. The summed E-state index contributed by atoms with van der Waals surface area (Å²) in [4.78, 5) is 16.3. The van der Waals surface area contributed by atoms with Crippen molar-refractivity contribution in [2.75, 3.05) is 0 Å². The average molecular weight is 307 g/mol. The molecule has 0 N–H and O–H groups in total. The summed E-state index contributed by atoms with van der Waals surface area (Å²) in [6.07, 6.45) is 2.81. The molecule has 116 valence electrons. The number of aryl methyl sites for hydroxylation is 1. The molecule has 0 saturated heterocycles. The van der Waals surface area contributed by atoms with Crippen molar-refractivity contribution in [1.29, 1.82) is 0 Å². The summed E-state index contributed by atoms with van der Waals surface area (Å²) in [5.74, 6) is 2.72. The first-order valence-corrected chi connectivity index (χ1v) is 7.79. The summed E-state index contributed by atoms with van der Waals surface area (Å²) in [6.45, 7) is 4.19. The Bertz CT molecular complexity index is 844. The number of hydrogen-bond acceptors (Lipinski definition) is 4. The van der Waals surface area contributed by atoms with E-state index in [9.17, 15) is 4.79 Å². The van der Waals surface area contributed by atoms with E-state index in [1.807, 2.05) is 43.3 Å². The molecule has 23 heavy (non-hydrogen) atoms. The van der Waals surface area contributed by atoms with Gasteiger partial charge in [-0.25, -0.2) is 9.79 Å². The standard InChI is InChI=1S/C19H17NO3/c1-11-4-3-5-13(8-11)18-20-16(19(21)23-18)10-14-6-7-17(22-14)15-9-12(15)2/h3-8,10,12,15H,9H2,1-2H3/b16-10-/t12-,15-/m1/s1. The van der Waals surface area contributed by atoms with Crippen LogP contribution in [0.4, 0.5) is 0 Å². The molecule has 1 aliphatic heterocycles. The molecule has 1 fully saturated rings. The quantitative estimate of drug-likeness (QED) is 0.635. The van der Waals surface area contributed by atoms with Crippen LogP contribution >= 0.6 is 0 Å². The van der Waals surface area contributed by atoms with E-state index < -0.39 is 5.97 Å². The number of nitrogens with zero attached hydrogens (tertiary/aromatic N) is 1. The highest BCUT2D eigenvalue weighted by molar-refractivity contribution is 6.12. The molecule has 0 spiro atoms. The number of esters is 1. The lowest BCUT2D eigenvalue weighted by molar-refractivity contribution is -0.129. The van der Waals surface area contributed by atoms with Gasteiger partial charge in [-0.3, -0.25) is 0 Å². The summed E-state index contributed by atoms with van der Waals surface area (Å²) in [6, 6.07) is 11.6. The highest BCUT2D eigenvalue weighted by atomic mass is 16.6. The van der Waals surface area contributed by atoms with Crippen LogP contribution in [-0.4, -0.2) is 11.9 Å². The third kappa shape index (κ3) is 2.72. The minimum absolute atomic E-state index is 0.270. The normalized spacial score (nSPS) is 24.7. The second-order valence-corrected chi connectivity index (χ2v) is 6.27. The van der Waals surface area contributed by atoms with Crippen LogP contribution in [0.3, 0.4) is 0 Å². The maximum atomic E-state index is 12.0. The van der Waals surface area contributed by atoms with Gasteiger partial charge in [-0.05, 0) is 43.5 Å². The lowest BCUT2D eigenvalue weighted by atomic mass is 10.1. The maximum absolute atomic E-state index is 12.0. The Labute approximate surface area is 134 Å². The van der Waals surface area contributed by atoms with E-state index >= 15 is 0 Å². The van der Waals surface area contributed by atoms with Gasteiger partial charge in [-0.1, -0.05) is 24.6 Å². The summed E-state index contributed by atoms with van der Waals surface area (Å²) in [5, 5.41) is 0. The highest BCUT2D eigenvalue weighted by Crippen LogP contribution is 2.47. The second-order valence-electron chi connectivity index (χ2n) is 6.27. The van der Waals surface area contributed by atoms with Gasteiger partial charge in [0.25, 0.3) is 0 Å². The number of furan rings is 1. The van der Waals surface area contributed by atoms with E-state index in [4.69, 9.17) is 9.15 Å². The molecule has 4 heteroatoms. The first-order chi connectivity index (χ1) is 11.1. The molecule has 2 aromatic rings. The Balaban J connectivity index is 1.60. The van der Waals surface area contributed by atoms with E-state index in [-0.39, 0.29) is 5.70 Å². The summed E-state index contributed by atoms with van der Waals surface area (Å²) in [7, 11) is 0. The van der Waals surface area contributed by atoms with Crippen LogP contribution in [0.15, 0.2) is 51.5 Å². The van der Waals surface area contributed by atoms with Crippen LogP contribution in [0, 0.1) is 12.8 Å². The van der Waals surface area contributed by atoms with Crippen molar-refractivity contribution < 1.29 is 13.9 Å². The lowest BCUT2D eigenvalue weighted by Gasteiger charge is -1.99. The zero-order valence-electron chi connectivity index (χ0n) is 13.1. The van der Waals surface area contributed by atoms with E-state index in [1.54, 1.807) is 6.08 Å². The molecule has 2 heterocycles. The number of rotatable bonds is 3. The molecule has 1 aliphatic carbocycles. The Morgan fingerprint density at radius 2 is 2.09 bits per heavy atom. The lowest BCUT2D eigenvalue weighted by Crippen LogP contribution is -2.05. The van der Waals surface area contributed by atoms with Gasteiger partial charge in [0.05, 0.1) is 0 Å². The molecule has 0 amide bonds. The van der Waals surface area contributed by atoms with Crippen molar-refractivity contribution in [3.63, 3.8) is 0 Å². The number of cyclic esters (lactones) is 1. The fraction of sp³-hybridized carbons (Fsp3) is 0.263. The molecular formula is C19H17NO3. The summed E-state index contributed by atoms with van der Waals surface area (Å²) >= 11 is 0. The number of benzene rings is 1. The van der Waals surface area contributed by atoms with Crippen LogP contribution in [0.1, 0.15) is 41.9 Å². The Hall–Kier alpha value is -2.62. The summed E-state index contributed by atoms with van der Waals surface area (Å²) < 4.78 is 11.1. The number of hydrogen-bond donors (Lipinski definition) is 0. The Morgan fingerprint density at radius 1 is 1.26 bits per heavy atom. The maximum Gasteiger partial charge on any atom is 0.363 e. The van der Waals surface area contributed by atoms with Gasteiger partial charge in [-0.2, -0.15) is 0 Å². The Morgan fingerprint density at radius 3 is 2.83 bits per heavy atom. The molecule has 0 bridgehead atoms. The largest absolute Gasteiger partial charge is 0.461 e. The fourth-order valence-corrected chi connectivity index (χ4v) is 2.81. The van der Waals surface area contributed by atoms with Gasteiger partial charge >= 0.3 is 5.97 Å². The molecule has 4 rings (SSSR count). The summed E-state index contributed by atoms with van der Waals surface area (Å²) in [5.41, 5.74) is 2.16. The molecule has 1 aromatic heterocycles. The zero-order valence-corrected chi connectivity index (χ0v) is 13.1. The predicted molar refractivity (Wildman–Crippen MR) is 87.0 cm³/mol. The fourth-order valence-electron chi connectivity index (χ4n) is 2.81. The number of carbonyl (C=O) groups is 1. The highest BCUT2D eigenvalue weighted by Gasteiger charge is 2.36. The van der Waals surface area contributed by atoms with Crippen LogP contribution < -0.4 is 0 Å². The van der Waals surface area contributed by atoms with Crippen molar-refractivity contribution in [1.82, 2.24) is 0 Å². The molecule has 2 aliphatic rings. The monoisotopic (exact) mass is 307 g/mol. The smallest absolute Gasteiger partial charge is 0.363 e. The molecular weight excluding hydrogens is 290 g/mol. The van der Waals surface area contributed by atoms with E-state index in [2.05, 4.69) is 11.9 Å². The number of carbonyl (C=O) groups excluding carboxylic acids is 1. The molecule has 1 aromatic carbocycles. The van der Waals surface area contributed by atoms with Crippen LogP contribution in [0.5, 0.6) is 0 Å². The van der Waals surface area contributed by atoms with Crippen molar-refractivity contribution >= 4 is 17.9 Å². The molecule has 1 saturated carbocycles. The zero-order chi connectivity index (χ0) is 16.0. The number of aliphatic imine (C=N–C) groups is 1. The molecule has 4 nitrogen and oxygen atoms in total. The molecule has 0 radical (unpaired) electrons. The van der Waals surface area contributed by atoms with Gasteiger partial charge in [0.15, 0.2) is 5.70 Å². The van der Waals surface area contributed by atoms with Crippen molar-refractivity contribution in [2.24, 2.45) is 10.9 Å². The van der Waals surface area contributed by atoms with Crippen molar-refractivity contribution in [3.05, 3.63) is 64.7 Å². The second kappa shape index (κ2) is 5.23. The van der Waals surface area contributed by atoms with Crippen molar-refractivity contribution in [3.8, 4) is 0 Å². The van der Waals surface area contributed by atoms with E-state index in [0.717, 1.165) is 16.9 Å². The number of ether oxygens (including phenoxy) is 1. The van der Waals surface area contributed by atoms with Crippen LogP contribution in [0.25, 0.3) is 6.08 Å². The van der Waals surface area contributed by atoms with E-state index in [1.165, 1.54) is 6.42 Å². The first kappa shape index (κ1) is 14.0. The van der Waals surface area contributed by atoms with Crippen LogP contribution in [-0.2, 0) is 9.53 Å². The third-order valence-corrected chi connectivity index (χ3v) is 4.29. The third-order valence-electron chi connectivity index (χ3n) is 4.29. The van der Waals surface area contributed by atoms with Gasteiger partial charge < -0.3 is 9.15 Å². The minimum Gasteiger partial charge on any atom is -0.461 e. The average Bonchev–Trinajstić information content (AvgIpc) is 2.94.